The van der Waals surface area contributed by atoms with E-state index in [2.05, 4.69) is 10.1 Å². The molecule has 8 heteroatoms. The van der Waals surface area contributed by atoms with Gasteiger partial charge in [-0.1, -0.05) is 12.1 Å². The van der Waals surface area contributed by atoms with Crippen molar-refractivity contribution in [3.05, 3.63) is 29.3 Å². The largest absolute Gasteiger partial charge is 0.482 e. The number of aliphatic hydroxyl groups is 1. The van der Waals surface area contributed by atoms with Crippen molar-refractivity contribution in [2.75, 3.05) is 20.3 Å². The van der Waals surface area contributed by atoms with Crippen molar-refractivity contribution < 1.29 is 32.5 Å². The molecule has 2 N–H and O–H groups in total. The number of aliphatic hydroxyl groups excluding tert-OH is 1. The van der Waals surface area contributed by atoms with Gasteiger partial charge in [0.15, 0.2) is 12.7 Å². The molecule has 0 saturated heterocycles. The standard InChI is InChI=1S/C16H22F3NO4/c1-10-6-12(4-5-13(10)24-9-15(22)23-3)7-11(2)20-8-14(21)16(17,18)19/h4-6,11,14,20-21H,7-9H2,1-3H3. The summed E-state index contributed by atoms with van der Waals surface area (Å²) >= 11 is 0. The van der Waals surface area contributed by atoms with Gasteiger partial charge >= 0.3 is 12.1 Å². The molecule has 0 saturated carbocycles. The summed E-state index contributed by atoms with van der Waals surface area (Å²) in [6, 6.07) is 5.07. The van der Waals surface area contributed by atoms with Gasteiger partial charge in [-0.2, -0.15) is 13.2 Å². The van der Waals surface area contributed by atoms with Crippen LogP contribution in [0.15, 0.2) is 18.2 Å². The lowest BCUT2D eigenvalue weighted by Gasteiger charge is -2.19. The van der Waals surface area contributed by atoms with Gasteiger partial charge in [-0.3, -0.25) is 0 Å². The maximum Gasteiger partial charge on any atom is 0.415 e. The van der Waals surface area contributed by atoms with Gasteiger partial charge < -0.3 is 19.9 Å². The van der Waals surface area contributed by atoms with Crippen molar-refractivity contribution in [3.63, 3.8) is 0 Å². The second-order valence-electron chi connectivity index (χ2n) is 5.54. The smallest absolute Gasteiger partial charge is 0.415 e. The number of hydrogen-bond donors (Lipinski definition) is 2. The third kappa shape index (κ3) is 6.76. The van der Waals surface area contributed by atoms with E-state index in [1.54, 1.807) is 19.1 Å². The highest BCUT2D eigenvalue weighted by molar-refractivity contribution is 5.70. The Labute approximate surface area is 138 Å². The Bertz CT molecular complexity index is 549. The van der Waals surface area contributed by atoms with Crippen LogP contribution in [0, 0.1) is 6.92 Å². The Hall–Kier alpha value is -1.80. The summed E-state index contributed by atoms with van der Waals surface area (Å²) in [7, 11) is 1.27. The normalized spacial score (nSPS) is 14.1. The minimum absolute atomic E-state index is 0.191. The highest BCUT2D eigenvalue weighted by Gasteiger charge is 2.37. The van der Waals surface area contributed by atoms with E-state index in [4.69, 9.17) is 9.84 Å². The Morgan fingerprint density at radius 2 is 2.04 bits per heavy atom. The molecule has 1 rings (SSSR count). The summed E-state index contributed by atoms with van der Waals surface area (Å²) in [5.74, 6) is 0.0526. The fraction of sp³-hybridized carbons (Fsp3) is 0.562. The average molecular weight is 349 g/mol. The summed E-state index contributed by atoms with van der Waals surface area (Å²) < 4.78 is 46.5. The quantitative estimate of drug-likeness (QED) is 0.703. The number of halogens is 3. The van der Waals surface area contributed by atoms with Crippen LogP contribution in [0.25, 0.3) is 0 Å². The van der Waals surface area contributed by atoms with Crippen molar-refractivity contribution in [2.24, 2.45) is 0 Å². The topological polar surface area (TPSA) is 67.8 Å². The molecule has 0 fully saturated rings. The fourth-order valence-electron chi connectivity index (χ4n) is 2.05. The van der Waals surface area contributed by atoms with E-state index < -0.39 is 24.8 Å². The highest BCUT2D eigenvalue weighted by atomic mass is 19.4. The van der Waals surface area contributed by atoms with Gasteiger partial charge in [0.1, 0.15) is 5.75 Å². The first-order chi connectivity index (χ1) is 11.1. The SMILES string of the molecule is COC(=O)COc1ccc(CC(C)NCC(O)C(F)(F)F)cc1C. The molecule has 0 radical (unpaired) electrons. The molecule has 1 aromatic rings. The number of esters is 1. The predicted octanol–water partition coefficient (Wildman–Crippen LogP) is 1.99. The lowest BCUT2D eigenvalue weighted by Crippen LogP contribution is -2.42. The molecule has 0 amide bonds. The summed E-state index contributed by atoms with van der Waals surface area (Å²) in [5, 5.41) is 11.6. The van der Waals surface area contributed by atoms with Gasteiger partial charge in [-0.15, -0.1) is 0 Å². The fourth-order valence-corrected chi connectivity index (χ4v) is 2.05. The summed E-state index contributed by atoms with van der Waals surface area (Å²) in [4.78, 5) is 11.1. The molecule has 0 aliphatic carbocycles. The van der Waals surface area contributed by atoms with Gasteiger partial charge in [0.25, 0.3) is 0 Å². The van der Waals surface area contributed by atoms with E-state index >= 15 is 0 Å². The van der Waals surface area contributed by atoms with Crippen molar-refractivity contribution in [1.29, 1.82) is 0 Å². The molecule has 0 aliphatic heterocycles. The van der Waals surface area contributed by atoms with Crippen LogP contribution < -0.4 is 10.1 Å². The molecule has 0 spiro atoms. The van der Waals surface area contributed by atoms with E-state index in [0.717, 1.165) is 11.1 Å². The Balaban J connectivity index is 2.53. The van der Waals surface area contributed by atoms with Gasteiger partial charge in [0.2, 0.25) is 0 Å². The number of carbonyl (C=O) groups is 1. The van der Waals surface area contributed by atoms with Crippen LogP contribution in [-0.2, 0) is 16.0 Å². The molecule has 136 valence electrons. The van der Waals surface area contributed by atoms with Crippen LogP contribution in [-0.4, -0.2) is 49.7 Å². The van der Waals surface area contributed by atoms with Crippen LogP contribution >= 0.6 is 0 Å². The van der Waals surface area contributed by atoms with Crippen LogP contribution in [0.2, 0.25) is 0 Å². The van der Waals surface area contributed by atoms with Crippen LogP contribution in [0.4, 0.5) is 13.2 Å². The van der Waals surface area contributed by atoms with Crippen molar-refractivity contribution in [2.45, 2.75) is 38.6 Å². The number of ether oxygens (including phenoxy) is 2. The maximum absolute atomic E-state index is 12.2. The molecular formula is C16H22F3NO4. The van der Waals surface area contributed by atoms with E-state index in [1.807, 2.05) is 13.0 Å². The van der Waals surface area contributed by atoms with Gasteiger partial charge in [-0.05, 0) is 37.5 Å². The molecule has 2 atom stereocenters. The van der Waals surface area contributed by atoms with Crippen LogP contribution in [0.5, 0.6) is 5.75 Å². The molecule has 5 nitrogen and oxygen atoms in total. The second-order valence-corrected chi connectivity index (χ2v) is 5.54. The number of carbonyl (C=O) groups excluding carboxylic acids is 1. The molecule has 24 heavy (non-hydrogen) atoms. The van der Waals surface area contributed by atoms with E-state index in [-0.39, 0.29) is 12.6 Å². The monoisotopic (exact) mass is 349 g/mol. The number of nitrogens with one attached hydrogen (secondary N) is 1. The first-order valence-corrected chi connectivity index (χ1v) is 7.40. The Morgan fingerprint density at radius 3 is 2.58 bits per heavy atom. The van der Waals surface area contributed by atoms with Crippen molar-refractivity contribution >= 4 is 5.97 Å². The highest BCUT2D eigenvalue weighted by Crippen LogP contribution is 2.21. The molecular weight excluding hydrogens is 327 g/mol. The molecule has 0 heterocycles. The maximum atomic E-state index is 12.2. The molecule has 0 aliphatic rings. The Morgan fingerprint density at radius 1 is 1.38 bits per heavy atom. The second kappa shape index (κ2) is 8.89. The lowest BCUT2D eigenvalue weighted by molar-refractivity contribution is -0.202. The zero-order valence-electron chi connectivity index (χ0n) is 13.8. The molecule has 1 aromatic carbocycles. The minimum Gasteiger partial charge on any atom is -0.482 e. The summed E-state index contributed by atoms with van der Waals surface area (Å²) in [5.41, 5.74) is 1.71. The predicted molar refractivity (Wildman–Crippen MR) is 81.9 cm³/mol. The number of rotatable bonds is 8. The number of alkyl halides is 3. The van der Waals surface area contributed by atoms with Crippen molar-refractivity contribution in [1.82, 2.24) is 5.32 Å². The molecule has 0 bridgehead atoms. The first-order valence-electron chi connectivity index (χ1n) is 7.40. The first kappa shape index (κ1) is 20.2. The number of hydrogen-bond acceptors (Lipinski definition) is 5. The van der Waals surface area contributed by atoms with Gasteiger partial charge in [-0.25, -0.2) is 4.79 Å². The van der Waals surface area contributed by atoms with Crippen molar-refractivity contribution in [3.8, 4) is 5.75 Å². The number of methoxy groups -OCH3 is 1. The minimum atomic E-state index is -4.62. The van der Waals surface area contributed by atoms with Gasteiger partial charge in [0, 0.05) is 12.6 Å². The van der Waals surface area contributed by atoms with Crippen LogP contribution in [0.1, 0.15) is 18.1 Å². The third-order valence-electron chi connectivity index (χ3n) is 3.39. The van der Waals surface area contributed by atoms with Gasteiger partial charge in [0.05, 0.1) is 7.11 Å². The molecule has 2 unspecified atom stereocenters. The van der Waals surface area contributed by atoms with E-state index in [9.17, 15) is 18.0 Å². The van der Waals surface area contributed by atoms with Crippen LogP contribution in [0.3, 0.4) is 0 Å². The third-order valence-corrected chi connectivity index (χ3v) is 3.39. The number of benzene rings is 1. The van der Waals surface area contributed by atoms with E-state index in [0.29, 0.717) is 12.2 Å². The summed E-state index contributed by atoms with van der Waals surface area (Å²) in [6.45, 7) is 2.80. The average Bonchev–Trinajstić information content (AvgIpc) is 2.50. The lowest BCUT2D eigenvalue weighted by atomic mass is 10.0. The van der Waals surface area contributed by atoms with E-state index in [1.165, 1.54) is 7.11 Å². The molecule has 0 aromatic heterocycles. The Kier molecular flexibility index (Phi) is 7.50. The summed E-state index contributed by atoms with van der Waals surface area (Å²) in [6.07, 6.45) is -6.51. The zero-order chi connectivity index (χ0) is 18.3. The number of aryl methyl sites for hydroxylation is 1. The zero-order valence-corrected chi connectivity index (χ0v) is 13.8.